The van der Waals surface area contributed by atoms with Crippen LogP contribution in [0.5, 0.6) is 0 Å². The van der Waals surface area contributed by atoms with Crippen molar-refractivity contribution >= 4 is 33.4 Å². The van der Waals surface area contributed by atoms with Gasteiger partial charge in [-0.1, -0.05) is 39.8 Å². The number of anilines is 1. The zero-order chi connectivity index (χ0) is 12.4. The van der Waals surface area contributed by atoms with Crippen molar-refractivity contribution in [3.8, 4) is 0 Å². The van der Waals surface area contributed by atoms with E-state index in [1.807, 2.05) is 18.2 Å². The predicted molar refractivity (Wildman–Crippen MR) is 78.6 cm³/mol. The fourth-order valence-electron chi connectivity index (χ4n) is 1.55. The van der Waals surface area contributed by atoms with Crippen molar-refractivity contribution < 1.29 is 0 Å². The second-order valence-corrected chi connectivity index (χ2v) is 6.05. The molecule has 17 heavy (non-hydrogen) atoms. The fraction of sp³-hybridized carbons (Fsp3) is 0.143. The van der Waals surface area contributed by atoms with Crippen molar-refractivity contribution in [1.82, 2.24) is 0 Å². The van der Waals surface area contributed by atoms with Crippen molar-refractivity contribution in [2.24, 2.45) is 0 Å². The highest BCUT2D eigenvalue weighted by Gasteiger charge is 2.05. The van der Waals surface area contributed by atoms with E-state index in [9.17, 15) is 0 Å². The molecule has 0 bridgehead atoms. The SMILES string of the molecule is Cc1ccc(C)c(Sc2ccc(Br)cc2N)c1. The van der Waals surface area contributed by atoms with Gasteiger partial charge >= 0.3 is 0 Å². The number of aryl methyl sites for hydroxylation is 2. The van der Waals surface area contributed by atoms with Gasteiger partial charge in [0, 0.05) is 20.0 Å². The minimum atomic E-state index is 0.810. The van der Waals surface area contributed by atoms with Crippen LogP contribution in [0.3, 0.4) is 0 Å². The number of hydrogen-bond donors (Lipinski definition) is 1. The lowest BCUT2D eigenvalue weighted by atomic mass is 10.2. The van der Waals surface area contributed by atoms with Crippen LogP contribution < -0.4 is 5.73 Å². The summed E-state index contributed by atoms with van der Waals surface area (Å²) in [6.45, 7) is 4.23. The molecule has 0 saturated heterocycles. The zero-order valence-electron chi connectivity index (χ0n) is 9.83. The maximum absolute atomic E-state index is 6.01. The van der Waals surface area contributed by atoms with Gasteiger partial charge in [0.1, 0.15) is 0 Å². The van der Waals surface area contributed by atoms with E-state index in [0.29, 0.717) is 0 Å². The number of rotatable bonds is 2. The molecule has 2 rings (SSSR count). The molecular formula is C14H14BrNS. The monoisotopic (exact) mass is 307 g/mol. The first-order valence-corrected chi connectivity index (χ1v) is 6.97. The number of halogens is 1. The molecule has 0 heterocycles. The average Bonchev–Trinajstić information content (AvgIpc) is 2.27. The van der Waals surface area contributed by atoms with Gasteiger partial charge in [-0.05, 0) is 49.2 Å². The molecule has 0 spiro atoms. The quantitative estimate of drug-likeness (QED) is 0.807. The van der Waals surface area contributed by atoms with Gasteiger partial charge in [0.05, 0.1) is 0 Å². The van der Waals surface area contributed by atoms with E-state index < -0.39 is 0 Å². The van der Waals surface area contributed by atoms with Crippen LogP contribution in [0.25, 0.3) is 0 Å². The van der Waals surface area contributed by atoms with Crippen molar-refractivity contribution in [1.29, 1.82) is 0 Å². The second kappa shape index (κ2) is 5.15. The molecule has 0 saturated carbocycles. The van der Waals surface area contributed by atoms with Gasteiger partial charge < -0.3 is 5.73 Å². The Balaban J connectivity index is 2.34. The lowest BCUT2D eigenvalue weighted by Gasteiger charge is -2.09. The fourth-order valence-corrected chi connectivity index (χ4v) is 2.95. The van der Waals surface area contributed by atoms with Crippen molar-refractivity contribution in [2.75, 3.05) is 5.73 Å². The predicted octanol–water partition coefficient (Wildman–Crippen LogP) is 4.80. The zero-order valence-corrected chi connectivity index (χ0v) is 12.2. The second-order valence-electron chi connectivity index (χ2n) is 4.05. The molecule has 0 aliphatic rings. The molecular weight excluding hydrogens is 294 g/mol. The number of nitrogen functional groups attached to an aromatic ring is 1. The van der Waals surface area contributed by atoms with Gasteiger partial charge in [-0.3, -0.25) is 0 Å². The third-order valence-corrected chi connectivity index (χ3v) is 4.28. The molecule has 88 valence electrons. The molecule has 2 aromatic rings. The third-order valence-electron chi connectivity index (χ3n) is 2.54. The smallest absolute Gasteiger partial charge is 0.0467 e. The lowest BCUT2D eigenvalue weighted by molar-refractivity contribution is 1.25. The van der Waals surface area contributed by atoms with E-state index >= 15 is 0 Å². The summed E-state index contributed by atoms with van der Waals surface area (Å²) >= 11 is 5.14. The van der Waals surface area contributed by atoms with Gasteiger partial charge in [-0.25, -0.2) is 0 Å². The summed E-state index contributed by atoms with van der Waals surface area (Å²) in [6.07, 6.45) is 0. The van der Waals surface area contributed by atoms with E-state index in [1.54, 1.807) is 11.8 Å². The Labute approximate surface area is 115 Å². The average molecular weight is 308 g/mol. The van der Waals surface area contributed by atoms with E-state index in [4.69, 9.17) is 5.73 Å². The van der Waals surface area contributed by atoms with Crippen LogP contribution in [-0.2, 0) is 0 Å². The molecule has 1 nitrogen and oxygen atoms in total. The molecule has 2 aromatic carbocycles. The van der Waals surface area contributed by atoms with Crippen LogP contribution in [-0.4, -0.2) is 0 Å². The van der Waals surface area contributed by atoms with E-state index in [1.165, 1.54) is 16.0 Å². The topological polar surface area (TPSA) is 26.0 Å². The molecule has 3 heteroatoms. The Hall–Kier alpha value is -0.930. The molecule has 0 aliphatic carbocycles. The van der Waals surface area contributed by atoms with Gasteiger partial charge in [-0.15, -0.1) is 0 Å². The summed E-state index contributed by atoms with van der Waals surface area (Å²) in [5.41, 5.74) is 9.37. The summed E-state index contributed by atoms with van der Waals surface area (Å²) in [6, 6.07) is 12.5. The highest BCUT2D eigenvalue weighted by Crippen LogP contribution is 2.35. The van der Waals surface area contributed by atoms with E-state index in [2.05, 4.69) is 48.0 Å². The summed E-state index contributed by atoms with van der Waals surface area (Å²) in [4.78, 5) is 2.36. The summed E-state index contributed by atoms with van der Waals surface area (Å²) < 4.78 is 1.01. The summed E-state index contributed by atoms with van der Waals surface area (Å²) in [7, 11) is 0. The molecule has 0 amide bonds. The van der Waals surface area contributed by atoms with Crippen molar-refractivity contribution in [3.63, 3.8) is 0 Å². The van der Waals surface area contributed by atoms with E-state index in [0.717, 1.165) is 15.1 Å². The highest BCUT2D eigenvalue weighted by molar-refractivity contribution is 9.10. The van der Waals surface area contributed by atoms with Gasteiger partial charge in [-0.2, -0.15) is 0 Å². The number of benzene rings is 2. The molecule has 0 aliphatic heterocycles. The van der Waals surface area contributed by atoms with Crippen LogP contribution in [0.4, 0.5) is 5.69 Å². The first-order chi connectivity index (χ1) is 8.06. The maximum atomic E-state index is 6.01. The Kier molecular flexibility index (Phi) is 3.79. The van der Waals surface area contributed by atoms with Crippen LogP contribution in [0.15, 0.2) is 50.7 Å². The molecule has 0 atom stereocenters. The number of nitrogens with two attached hydrogens (primary N) is 1. The van der Waals surface area contributed by atoms with Crippen LogP contribution in [0.1, 0.15) is 11.1 Å². The highest BCUT2D eigenvalue weighted by atomic mass is 79.9. The van der Waals surface area contributed by atoms with Crippen molar-refractivity contribution in [2.45, 2.75) is 23.6 Å². The lowest BCUT2D eigenvalue weighted by Crippen LogP contribution is -1.89. The van der Waals surface area contributed by atoms with Gasteiger partial charge in [0.25, 0.3) is 0 Å². The Morgan fingerprint density at radius 3 is 2.47 bits per heavy atom. The Morgan fingerprint density at radius 2 is 1.76 bits per heavy atom. The first-order valence-electron chi connectivity index (χ1n) is 5.36. The first kappa shape index (κ1) is 12.5. The van der Waals surface area contributed by atoms with E-state index in [-0.39, 0.29) is 0 Å². The normalized spacial score (nSPS) is 10.5. The number of hydrogen-bond acceptors (Lipinski definition) is 2. The molecule has 0 unspecified atom stereocenters. The molecule has 2 N–H and O–H groups in total. The molecule has 0 radical (unpaired) electrons. The van der Waals surface area contributed by atoms with Crippen LogP contribution in [0, 0.1) is 13.8 Å². The largest absolute Gasteiger partial charge is 0.398 e. The molecule has 0 aromatic heterocycles. The summed E-state index contributed by atoms with van der Waals surface area (Å²) in [5.74, 6) is 0. The minimum Gasteiger partial charge on any atom is -0.398 e. The van der Waals surface area contributed by atoms with Gasteiger partial charge in [0.15, 0.2) is 0 Å². The van der Waals surface area contributed by atoms with Crippen LogP contribution in [0.2, 0.25) is 0 Å². The maximum Gasteiger partial charge on any atom is 0.0467 e. The van der Waals surface area contributed by atoms with Crippen molar-refractivity contribution in [3.05, 3.63) is 52.0 Å². The summed E-state index contributed by atoms with van der Waals surface area (Å²) in [5, 5.41) is 0. The van der Waals surface area contributed by atoms with Crippen LogP contribution >= 0.6 is 27.7 Å². The van der Waals surface area contributed by atoms with Gasteiger partial charge in [0.2, 0.25) is 0 Å². The molecule has 0 fully saturated rings. The Bertz CT molecular complexity index is 552. The third kappa shape index (κ3) is 3.05. The Morgan fingerprint density at radius 1 is 1.00 bits per heavy atom. The standard InChI is InChI=1S/C14H14BrNS/c1-9-3-4-10(2)14(7-9)17-13-6-5-11(15)8-12(13)16/h3-8H,16H2,1-2H3. The minimum absolute atomic E-state index is 0.810.